The summed E-state index contributed by atoms with van der Waals surface area (Å²) in [6.45, 7) is 5.34. The van der Waals surface area contributed by atoms with Gasteiger partial charge in [0.1, 0.15) is 11.5 Å². The number of allylic oxidation sites excluding steroid dienone is 2. The molecule has 0 saturated carbocycles. The Morgan fingerprint density at radius 3 is 1.79 bits per heavy atom. The van der Waals surface area contributed by atoms with E-state index in [1.807, 2.05) is 0 Å². The Hall–Kier alpha value is -2.91. The molecule has 184 valence electrons. The maximum atomic E-state index is 12.3. The Bertz CT molecular complexity index is 1240. The van der Waals surface area contributed by atoms with E-state index in [1.54, 1.807) is 69.3 Å². The van der Waals surface area contributed by atoms with E-state index < -0.39 is 25.5 Å². The summed E-state index contributed by atoms with van der Waals surface area (Å²) in [7, 11) is -7.38. The van der Waals surface area contributed by atoms with Gasteiger partial charge in [-0.05, 0) is 66.8 Å². The maximum absolute atomic E-state index is 12.3. The van der Waals surface area contributed by atoms with Crippen LogP contribution in [0.1, 0.15) is 51.2 Å². The van der Waals surface area contributed by atoms with Gasteiger partial charge >= 0.3 is 20.2 Å². The summed E-state index contributed by atoms with van der Waals surface area (Å²) in [5, 5.41) is -0.575. The summed E-state index contributed by atoms with van der Waals surface area (Å²) >= 11 is 0. The van der Waals surface area contributed by atoms with Crippen molar-refractivity contribution in [2.24, 2.45) is 0 Å². The predicted octanol–water partition coefficient (Wildman–Crippen LogP) is 5.00. The van der Waals surface area contributed by atoms with Crippen LogP contribution in [0, 0.1) is 0 Å². The number of ketones is 1. The SMILES string of the molecule is CCCS(=O)(=O)Oc1cccc(C=CC(=O)C=Cc2cccc(OS(=O)(=O)C(CC)CC)c2)c1. The summed E-state index contributed by atoms with van der Waals surface area (Å²) < 4.78 is 58.6. The largest absolute Gasteiger partial charge is 0.382 e. The normalized spacial score (nSPS) is 12.5. The number of carbonyl (C=O) groups is 1. The molecule has 0 aliphatic rings. The quantitative estimate of drug-likeness (QED) is 0.278. The fourth-order valence-corrected chi connectivity index (χ4v) is 5.39. The van der Waals surface area contributed by atoms with Gasteiger partial charge in [0.25, 0.3) is 0 Å². The number of carbonyl (C=O) groups excluding carboxylic acids is 1. The van der Waals surface area contributed by atoms with Gasteiger partial charge in [-0.2, -0.15) is 16.8 Å². The van der Waals surface area contributed by atoms with Gasteiger partial charge in [-0.25, -0.2) is 0 Å². The molecule has 0 unspecified atom stereocenters. The minimum absolute atomic E-state index is 0.0771. The summed E-state index contributed by atoms with van der Waals surface area (Å²) in [6.07, 6.45) is 7.16. The minimum atomic E-state index is -3.73. The average Bonchev–Trinajstić information content (AvgIpc) is 2.76. The van der Waals surface area contributed by atoms with Crippen LogP contribution < -0.4 is 8.37 Å². The average molecular weight is 507 g/mol. The Labute approximate surface area is 202 Å². The van der Waals surface area contributed by atoms with E-state index in [1.165, 1.54) is 24.3 Å². The zero-order valence-electron chi connectivity index (χ0n) is 19.5. The summed E-state index contributed by atoms with van der Waals surface area (Å²) in [5.74, 6) is -0.0155. The van der Waals surface area contributed by atoms with Crippen molar-refractivity contribution in [2.45, 2.75) is 45.3 Å². The van der Waals surface area contributed by atoms with Crippen molar-refractivity contribution in [3.05, 3.63) is 71.8 Å². The molecular formula is C25H30O7S2. The van der Waals surface area contributed by atoms with Crippen LogP contribution in [0.4, 0.5) is 0 Å². The van der Waals surface area contributed by atoms with Crippen LogP contribution >= 0.6 is 0 Å². The first-order valence-corrected chi connectivity index (χ1v) is 14.1. The molecule has 0 aliphatic heterocycles. The molecule has 0 aliphatic carbocycles. The first-order chi connectivity index (χ1) is 16.1. The topological polar surface area (TPSA) is 104 Å². The third kappa shape index (κ3) is 8.79. The zero-order chi connectivity index (χ0) is 25.2. The van der Waals surface area contributed by atoms with Crippen LogP contribution in [0.5, 0.6) is 11.5 Å². The van der Waals surface area contributed by atoms with Gasteiger partial charge in [-0.3, -0.25) is 4.79 Å². The van der Waals surface area contributed by atoms with Crippen LogP contribution in [0.2, 0.25) is 0 Å². The van der Waals surface area contributed by atoms with Crippen molar-refractivity contribution in [3.63, 3.8) is 0 Å². The fourth-order valence-electron chi connectivity index (χ4n) is 3.09. The highest BCUT2D eigenvalue weighted by molar-refractivity contribution is 7.87. The highest BCUT2D eigenvalue weighted by atomic mass is 32.2. The Kier molecular flexibility index (Phi) is 10.1. The Morgan fingerprint density at radius 2 is 1.32 bits per heavy atom. The summed E-state index contributed by atoms with van der Waals surface area (Å²) in [4.78, 5) is 12.2. The molecule has 0 amide bonds. The van der Waals surface area contributed by atoms with Crippen LogP contribution in [0.25, 0.3) is 12.2 Å². The molecule has 0 fully saturated rings. The second-order valence-corrected chi connectivity index (χ2v) is 11.1. The van der Waals surface area contributed by atoms with Gasteiger partial charge in [0.15, 0.2) is 5.78 Å². The van der Waals surface area contributed by atoms with Gasteiger partial charge in [0, 0.05) is 0 Å². The van der Waals surface area contributed by atoms with Crippen molar-refractivity contribution in [1.29, 1.82) is 0 Å². The lowest BCUT2D eigenvalue weighted by Crippen LogP contribution is -2.24. The molecule has 34 heavy (non-hydrogen) atoms. The van der Waals surface area contributed by atoms with E-state index in [0.29, 0.717) is 30.4 Å². The second-order valence-electron chi connectivity index (χ2n) is 7.57. The first kappa shape index (κ1) is 27.3. The van der Waals surface area contributed by atoms with Crippen molar-refractivity contribution in [1.82, 2.24) is 0 Å². The highest BCUT2D eigenvalue weighted by Gasteiger charge is 2.24. The molecule has 0 N–H and O–H groups in total. The lowest BCUT2D eigenvalue weighted by atomic mass is 10.1. The highest BCUT2D eigenvalue weighted by Crippen LogP contribution is 2.21. The maximum Gasteiger partial charge on any atom is 0.312 e. The first-order valence-electron chi connectivity index (χ1n) is 11.0. The number of hydrogen-bond donors (Lipinski definition) is 0. The minimum Gasteiger partial charge on any atom is -0.382 e. The van der Waals surface area contributed by atoms with E-state index in [9.17, 15) is 21.6 Å². The lowest BCUT2D eigenvalue weighted by molar-refractivity contribution is -0.110. The van der Waals surface area contributed by atoms with Crippen molar-refractivity contribution < 1.29 is 30.0 Å². The molecule has 0 saturated heterocycles. The Morgan fingerprint density at radius 1 is 0.824 bits per heavy atom. The number of benzene rings is 2. The Balaban J connectivity index is 2.06. The molecule has 2 aromatic carbocycles. The van der Waals surface area contributed by atoms with E-state index >= 15 is 0 Å². The molecule has 2 aromatic rings. The van der Waals surface area contributed by atoms with Crippen LogP contribution in [-0.2, 0) is 25.0 Å². The van der Waals surface area contributed by atoms with Crippen molar-refractivity contribution >= 4 is 38.2 Å². The van der Waals surface area contributed by atoms with Crippen LogP contribution in [0.3, 0.4) is 0 Å². The summed E-state index contributed by atoms with van der Waals surface area (Å²) in [6, 6.07) is 12.9. The van der Waals surface area contributed by atoms with Crippen LogP contribution in [0.15, 0.2) is 60.7 Å². The molecule has 7 nitrogen and oxygen atoms in total. The molecule has 9 heteroatoms. The summed E-state index contributed by atoms with van der Waals surface area (Å²) in [5.41, 5.74) is 1.21. The van der Waals surface area contributed by atoms with Crippen molar-refractivity contribution in [3.8, 4) is 11.5 Å². The second kappa shape index (κ2) is 12.5. The molecular weight excluding hydrogens is 476 g/mol. The monoisotopic (exact) mass is 506 g/mol. The standard InChI is InChI=1S/C25H30O7S2/c1-4-17-33(27,28)31-23-11-7-9-20(18-23)13-15-22(26)16-14-21-10-8-12-24(19-21)32-34(29,30)25(5-2)6-3/h7-16,18-19,25H,4-6,17H2,1-3H3. The van der Waals surface area contributed by atoms with E-state index in [2.05, 4.69) is 0 Å². The van der Waals surface area contributed by atoms with Gasteiger partial charge in [0.05, 0.1) is 11.0 Å². The van der Waals surface area contributed by atoms with Gasteiger partial charge in [-0.15, -0.1) is 0 Å². The molecule has 0 heterocycles. The van der Waals surface area contributed by atoms with Gasteiger partial charge < -0.3 is 8.37 Å². The van der Waals surface area contributed by atoms with Gasteiger partial charge in [-0.1, -0.05) is 57.2 Å². The lowest BCUT2D eigenvalue weighted by Gasteiger charge is -2.14. The van der Waals surface area contributed by atoms with Gasteiger partial charge in [0.2, 0.25) is 0 Å². The van der Waals surface area contributed by atoms with E-state index in [0.717, 1.165) is 0 Å². The third-order valence-electron chi connectivity index (χ3n) is 4.80. The molecule has 2 rings (SSSR count). The predicted molar refractivity (Wildman–Crippen MR) is 135 cm³/mol. The molecule has 0 bridgehead atoms. The van der Waals surface area contributed by atoms with E-state index in [-0.39, 0.29) is 23.0 Å². The van der Waals surface area contributed by atoms with E-state index in [4.69, 9.17) is 8.37 Å². The molecule has 0 spiro atoms. The van der Waals surface area contributed by atoms with Crippen molar-refractivity contribution in [2.75, 3.05) is 5.75 Å². The van der Waals surface area contributed by atoms with Crippen LogP contribution in [-0.4, -0.2) is 33.6 Å². The molecule has 0 aromatic heterocycles. The number of rotatable bonds is 13. The zero-order valence-corrected chi connectivity index (χ0v) is 21.1. The number of hydrogen-bond acceptors (Lipinski definition) is 7. The molecule has 0 atom stereocenters. The fraction of sp³-hybridized carbons (Fsp3) is 0.320. The third-order valence-corrected chi connectivity index (χ3v) is 8.07. The molecule has 0 radical (unpaired) electrons. The smallest absolute Gasteiger partial charge is 0.312 e.